The van der Waals surface area contributed by atoms with Crippen LogP contribution in [0.3, 0.4) is 0 Å². The fraction of sp³-hybridized carbons (Fsp3) is 0.304. The third kappa shape index (κ3) is 5.99. The number of oxazole rings is 1. The van der Waals surface area contributed by atoms with E-state index in [9.17, 15) is 5.11 Å². The van der Waals surface area contributed by atoms with Crippen LogP contribution in [0.4, 0.5) is 0 Å². The molecule has 1 atom stereocenters. The summed E-state index contributed by atoms with van der Waals surface area (Å²) in [4.78, 5) is 9.02. The maximum Gasteiger partial charge on any atom is 0.226 e. The second-order valence-corrected chi connectivity index (χ2v) is 6.72. The fourth-order valence-corrected chi connectivity index (χ4v) is 2.97. The minimum absolute atomic E-state index is 0.273. The summed E-state index contributed by atoms with van der Waals surface area (Å²) in [6.07, 6.45) is 0.855. The van der Waals surface area contributed by atoms with E-state index in [4.69, 9.17) is 13.9 Å². The van der Waals surface area contributed by atoms with Gasteiger partial charge in [-0.05, 0) is 36.8 Å². The van der Waals surface area contributed by atoms with Gasteiger partial charge in [-0.15, -0.1) is 0 Å². The van der Waals surface area contributed by atoms with Crippen molar-refractivity contribution >= 4 is 5.96 Å². The molecule has 0 radical (unpaired) electrons. The fourth-order valence-electron chi connectivity index (χ4n) is 2.97. The lowest BCUT2D eigenvalue weighted by Gasteiger charge is -2.17. The molecule has 0 amide bonds. The molecule has 3 aromatic rings. The first-order chi connectivity index (χ1) is 15.1. The molecule has 8 nitrogen and oxygen atoms in total. The van der Waals surface area contributed by atoms with E-state index in [1.165, 1.54) is 0 Å². The Morgan fingerprint density at radius 1 is 1.10 bits per heavy atom. The number of aromatic nitrogens is 1. The molecule has 1 heterocycles. The molecule has 0 aliphatic heterocycles. The molecule has 0 fully saturated rings. The molecule has 0 saturated heterocycles. The van der Waals surface area contributed by atoms with E-state index in [-0.39, 0.29) is 6.54 Å². The van der Waals surface area contributed by atoms with Crippen molar-refractivity contribution in [2.24, 2.45) is 4.99 Å². The summed E-state index contributed by atoms with van der Waals surface area (Å²) in [5.74, 6) is 2.32. The van der Waals surface area contributed by atoms with Gasteiger partial charge in [0.1, 0.15) is 12.0 Å². The zero-order valence-corrected chi connectivity index (χ0v) is 18.0. The van der Waals surface area contributed by atoms with Crippen LogP contribution in [0.1, 0.15) is 24.3 Å². The molecular weight excluding hydrogens is 396 g/mol. The normalized spacial score (nSPS) is 12.3. The van der Waals surface area contributed by atoms with Crippen molar-refractivity contribution < 1.29 is 19.0 Å². The number of aliphatic hydroxyl groups excluding tert-OH is 1. The molecule has 2 aromatic carbocycles. The van der Waals surface area contributed by atoms with Crippen molar-refractivity contribution in [3.8, 4) is 23.0 Å². The third-order valence-corrected chi connectivity index (χ3v) is 4.57. The Kier molecular flexibility index (Phi) is 7.89. The van der Waals surface area contributed by atoms with Crippen LogP contribution < -0.4 is 20.1 Å². The first kappa shape index (κ1) is 22.2. The number of hydrogen-bond acceptors (Lipinski definition) is 6. The van der Waals surface area contributed by atoms with Crippen molar-refractivity contribution in [3.63, 3.8) is 0 Å². The van der Waals surface area contributed by atoms with E-state index in [2.05, 4.69) is 20.6 Å². The van der Waals surface area contributed by atoms with Gasteiger partial charge in [-0.2, -0.15) is 0 Å². The predicted octanol–water partition coefficient (Wildman–Crippen LogP) is 3.15. The molecule has 0 bridgehead atoms. The average Bonchev–Trinajstić information content (AvgIpc) is 3.30. The van der Waals surface area contributed by atoms with Gasteiger partial charge in [0.15, 0.2) is 17.5 Å². The van der Waals surface area contributed by atoms with Crippen LogP contribution in [0.25, 0.3) is 11.5 Å². The maximum atomic E-state index is 10.6. The zero-order valence-electron chi connectivity index (χ0n) is 18.0. The molecule has 8 heteroatoms. The highest BCUT2D eigenvalue weighted by atomic mass is 16.5. The summed E-state index contributed by atoms with van der Waals surface area (Å²) in [7, 11) is 3.14. The maximum absolute atomic E-state index is 10.6. The Bertz CT molecular complexity index is 988. The van der Waals surface area contributed by atoms with Gasteiger partial charge in [-0.1, -0.05) is 24.3 Å². The van der Waals surface area contributed by atoms with Crippen LogP contribution >= 0.6 is 0 Å². The van der Waals surface area contributed by atoms with Gasteiger partial charge in [0.2, 0.25) is 5.89 Å². The number of guanidine groups is 1. The third-order valence-electron chi connectivity index (χ3n) is 4.57. The van der Waals surface area contributed by atoms with Crippen molar-refractivity contribution in [2.45, 2.75) is 19.6 Å². The number of benzene rings is 2. The minimum atomic E-state index is -0.750. The SMILES string of the molecule is CCNC(=NCc1coc(-c2ccccc2)n1)NCC(O)c1ccc(OC)c(OC)c1. The van der Waals surface area contributed by atoms with Gasteiger partial charge in [0.05, 0.1) is 26.9 Å². The highest BCUT2D eigenvalue weighted by Gasteiger charge is 2.13. The molecule has 0 aliphatic rings. The molecule has 3 N–H and O–H groups in total. The number of nitrogens with zero attached hydrogens (tertiary/aromatic N) is 2. The number of aliphatic imine (C=N–C) groups is 1. The molecular formula is C23H28N4O4. The van der Waals surface area contributed by atoms with Crippen molar-refractivity contribution in [2.75, 3.05) is 27.3 Å². The van der Waals surface area contributed by atoms with E-state index in [1.807, 2.05) is 37.3 Å². The number of nitrogens with one attached hydrogen (secondary N) is 2. The first-order valence-electron chi connectivity index (χ1n) is 10.1. The molecule has 1 unspecified atom stereocenters. The average molecular weight is 425 g/mol. The molecule has 31 heavy (non-hydrogen) atoms. The Morgan fingerprint density at radius 2 is 1.87 bits per heavy atom. The zero-order chi connectivity index (χ0) is 22.1. The van der Waals surface area contributed by atoms with Crippen molar-refractivity contribution in [3.05, 3.63) is 66.1 Å². The predicted molar refractivity (Wildman–Crippen MR) is 119 cm³/mol. The van der Waals surface area contributed by atoms with Gasteiger partial charge < -0.3 is 29.6 Å². The van der Waals surface area contributed by atoms with Crippen LogP contribution in [0, 0.1) is 0 Å². The summed E-state index contributed by atoms with van der Waals surface area (Å²) in [5, 5.41) is 16.9. The van der Waals surface area contributed by atoms with E-state index < -0.39 is 6.10 Å². The largest absolute Gasteiger partial charge is 0.493 e. The molecule has 1 aromatic heterocycles. The Balaban J connectivity index is 1.62. The number of rotatable bonds is 9. The molecule has 0 aliphatic carbocycles. The number of hydrogen-bond donors (Lipinski definition) is 3. The molecule has 0 saturated carbocycles. The van der Waals surface area contributed by atoms with Crippen LogP contribution in [0.15, 0.2) is 64.2 Å². The lowest BCUT2D eigenvalue weighted by molar-refractivity contribution is 0.180. The van der Waals surface area contributed by atoms with Crippen molar-refractivity contribution in [1.82, 2.24) is 15.6 Å². The summed E-state index contributed by atoms with van der Waals surface area (Å²) in [6, 6.07) is 15.0. The van der Waals surface area contributed by atoms with Gasteiger partial charge in [0.25, 0.3) is 0 Å². The van der Waals surface area contributed by atoms with Gasteiger partial charge in [-0.25, -0.2) is 9.98 Å². The lowest BCUT2D eigenvalue weighted by Crippen LogP contribution is -2.39. The Labute approximate surface area is 181 Å². The topological polar surface area (TPSA) is 101 Å². The Morgan fingerprint density at radius 3 is 2.58 bits per heavy atom. The smallest absolute Gasteiger partial charge is 0.226 e. The number of ether oxygens (including phenoxy) is 2. The molecule has 3 rings (SSSR count). The quantitative estimate of drug-likeness (QED) is 0.358. The van der Waals surface area contributed by atoms with Gasteiger partial charge in [-0.3, -0.25) is 0 Å². The van der Waals surface area contributed by atoms with Gasteiger partial charge in [0, 0.05) is 18.7 Å². The second kappa shape index (κ2) is 11.0. The summed E-state index contributed by atoms with van der Waals surface area (Å²) >= 11 is 0. The number of methoxy groups -OCH3 is 2. The highest BCUT2D eigenvalue weighted by Crippen LogP contribution is 2.29. The van der Waals surface area contributed by atoms with E-state index in [1.54, 1.807) is 38.7 Å². The summed E-state index contributed by atoms with van der Waals surface area (Å²) in [5.41, 5.74) is 2.35. The summed E-state index contributed by atoms with van der Waals surface area (Å²) < 4.78 is 16.1. The van der Waals surface area contributed by atoms with Crippen LogP contribution in [0.2, 0.25) is 0 Å². The molecule has 164 valence electrons. The van der Waals surface area contributed by atoms with Gasteiger partial charge >= 0.3 is 0 Å². The molecule has 0 spiro atoms. The van der Waals surface area contributed by atoms with Crippen LogP contribution in [-0.4, -0.2) is 43.4 Å². The Hall–Kier alpha value is -3.52. The standard InChI is InChI=1S/C23H28N4O4/c1-4-24-23(25-13-18-15-31-22(27-18)16-8-6-5-7-9-16)26-14-19(28)17-10-11-20(29-2)21(12-17)30-3/h5-12,15,19,28H,4,13-14H2,1-3H3,(H2,24,25,26). The minimum Gasteiger partial charge on any atom is -0.493 e. The van der Waals surface area contributed by atoms with E-state index >= 15 is 0 Å². The lowest BCUT2D eigenvalue weighted by atomic mass is 10.1. The van der Waals surface area contributed by atoms with Crippen molar-refractivity contribution in [1.29, 1.82) is 0 Å². The van der Waals surface area contributed by atoms with E-state index in [0.29, 0.717) is 42.0 Å². The van der Waals surface area contributed by atoms with E-state index in [0.717, 1.165) is 11.3 Å². The summed E-state index contributed by atoms with van der Waals surface area (Å²) in [6.45, 7) is 3.28. The highest BCUT2D eigenvalue weighted by molar-refractivity contribution is 5.79. The number of aliphatic hydroxyl groups is 1. The second-order valence-electron chi connectivity index (χ2n) is 6.72. The van der Waals surface area contributed by atoms with Crippen LogP contribution in [-0.2, 0) is 6.54 Å². The monoisotopic (exact) mass is 424 g/mol. The first-order valence-corrected chi connectivity index (χ1v) is 10.1. The van der Waals surface area contributed by atoms with Crippen LogP contribution in [0.5, 0.6) is 11.5 Å².